The number of nitriles is 1. The van der Waals surface area contributed by atoms with Crippen molar-refractivity contribution in [1.29, 1.82) is 5.26 Å². The first kappa shape index (κ1) is 29.9. The molecule has 2 heterocycles. The second kappa shape index (κ2) is 13.2. The molecule has 0 radical (unpaired) electrons. The predicted octanol–water partition coefficient (Wildman–Crippen LogP) is 6.78. The quantitative estimate of drug-likeness (QED) is 0.248. The molecule has 0 N–H and O–H groups in total. The van der Waals surface area contributed by atoms with Gasteiger partial charge in [-0.05, 0) is 94.4 Å². The van der Waals surface area contributed by atoms with E-state index >= 15 is 0 Å². The minimum atomic E-state index is -0.177. The van der Waals surface area contributed by atoms with Crippen LogP contribution in [0.25, 0.3) is 11.3 Å². The minimum Gasteiger partial charge on any atom is -0.494 e. The normalized spacial score (nSPS) is 23.4. The van der Waals surface area contributed by atoms with Gasteiger partial charge in [-0.3, -0.25) is 9.59 Å². The van der Waals surface area contributed by atoms with Crippen molar-refractivity contribution < 1.29 is 23.5 Å². The van der Waals surface area contributed by atoms with Crippen LogP contribution in [0.3, 0.4) is 0 Å². The van der Waals surface area contributed by atoms with E-state index in [0.717, 1.165) is 67.1 Å². The average Bonchev–Trinajstić information content (AvgIpc) is 3.82. The maximum Gasteiger partial charge on any atom is 0.308 e. The highest BCUT2D eigenvalue weighted by Crippen LogP contribution is 2.41. The Morgan fingerprint density at radius 3 is 2.34 bits per heavy atom. The van der Waals surface area contributed by atoms with Crippen LogP contribution in [0.5, 0.6) is 5.75 Å². The number of oxazole rings is 1. The van der Waals surface area contributed by atoms with Gasteiger partial charge in [0.25, 0.3) is 0 Å². The number of amides is 1. The number of pyridine rings is 1. The second-order valence-corrected chi connectivity index (χ2v) is 12.5. The Bertz CT molecular complexity index is 1520. The summed E-state index contributed by atoms with van der Waals surface area (Å²) in [5.74, 6) is 2.03. The number of carbonyl (C=O) groups is 2. The fourth-order valence-electron chi connectivity index (χ4n) is 6.89. The van der Waals surface area contributed by atoms with Crippen LogP contribution in [0.2, 0.25) is 0 Å². The molecule has 0 spiro atoms. The number of anilines is 1. The van der Waals surface area contributed by atoms with Crippen molar-refractivity contribution >= 4 is 17.6 Å². The lowest BCUT2D eigenvalue weighted by Crippen LogP contribution is -2.42. The number of hydrogen-bond donors (Lipinski definition) is 0. The summed E-state index contributed by atoms with van der Waals surface area (Å²) in [5, 5.41) is 9.49. The van der Waals surface area contributed by atoms with Crippen molar-refractivity contribution in [2.75, 3.05) is 25.7 Å². The molecule has 6 rings (SSSR count). The second-order valence-electron chi connectivity index (χ2n) is 12.5. The van der Waals surface area contributed by atoms with Crippen LogP contribution in [-0.4, -0.2) is 42.6 Å². The summed E-state index contributed by atoms with van der Waals surface area (Å²) in [6.45, 7) is 0.636. The van der Waals surface area contributed by atoms with Crippen LogP contribution >= 0.6 is 0 Å². The summed E-state index contributed by atoms with van der Waals surface area (Å²) in [4.78, 5) is 37.6. The maximum absolute atomic E-state index is 14.2. The van der Waals surface area contributed by atoms with Crippen LogP contribution in [-0.2, 0) is 14.3 Å². The number of hydrogen-bond acceptors (Lipinski definition) is 8. The summed E-state index contributed by atoms with van der Waals surface area (Å²) in [6, 6.07) is 14.0. The summed E-state index contributed by atoms with van der Waals surface area (Å²) in [6.07, 6.45) is 10.5. The van der Waals surface area contributed by atoms with E-state index in [0.29, 0.717) is 55.5 Å². The highest BCUT2D eigenvalue weighted by molar-refractivity contribution is 5.95. The Morgan fingerprint density at radius 2 is 1.66 bits per heavy atom. The molecule has 3 aliphatic rings. The zero-order valence-corrected chi connectivity index (χ0v) is 25.5. The smallest absolute Gasteiger partial charge is 0.308 e. The van der Waals surface area contributed by atoms with Gasteiger partial charge in [0.1, 0.15) is 18.0 Å². The highest BCUT2D eigenvalue weighted by atomic mass is 16.5. The maximum atomic E-state index is 14.2. The Labute approximate surface area is 258 Å². The van der Waals surface area contributed by atoms with E-state index in [-0.39, 0.29) is 29.6 Å². The fourth-order valence-corrected chi connectivity index (χ4v) is 6.89. The molecule has 2 aromatic heterocycles. The third-order valence-electron chi connectivity index (χ3n) is 9.69. The molecule has 3 aliphatic carbocycles. The van der Waals surface area contributed by atoms with E-state index in [4.69, 9.17) is 18.9 Å². The molecule has 1 amide bonds. The van der Waals surface area contributed by atoms with Gasteiger partial charge in [-0.25, -0.2) is 9.97 Å². The zero-order chi connectivity index (χ0) is 30.6. The van der Waals surface area contributed by atoms with E-state index in [1.807, 2.05) is 35.2 Å². The Hall–Kier alpha value is -4.19. The summed E-state index contributed by atoms with van der Waals surface area (Å²) < 4.78 is 16.0. The Kier molecular flexibility index (Phi) is 8.96. The number of esters is 1. The van der Waals surface area contributed by atoms with Gasteiger partial charge >= 0.3 is 5.97 Å². The number of ether oxygens (including phenoxy) is 2. The monoisotopic (exact) mass is 596 g/mol. The van der Waals surface area contributed by atoms with Gasteiger partial charge in [0.2, 0.25) is 5.91 Å². The number of rotatable bonds is 9. The van der Waals surface area contributed by atoms with Crippen molar-refractivity contribution in [3.05, 3.63) is 59.9 Å². The summed E-state index contributed by atoms with van der Waals surface area (Å²) >= 11 is 0. The molecule has 3 saturated carbocycles. The topological polar surface area (TPSA) is 119 Å². The number of benzene rings is 1. The molecule has 9 heteroatoms. The van der Waals surface area contributed by atoms with Gasteiger partial charge in [-0.1, -0.05) is 12.1 Å². The molecule has 230 valence electrons. The molecule has 3 fully saturated rings. The molecule has 0 atom stereocenters. The predicted molar refractivity (Wildman–Crippen MR) is 164 cm³/mol. The Morgan fingerprint density at radius 1 is 0.932 bits per heavy atom. The first-order valence-corrected chi connectivity index (χ1v) is 15.9. The standard InChI is InChI=1S/C35H40N4O5/c1-42-32-17-16-29(37-30(32)19-36)23-8-6-22(7-9-23)20-39(34(40)25-12-14-26(15-13-25)35(41)43-2)28-5-3-4-27(18-28)31-21-44-33(38-31)24-10-11-24/h3-5,16-18,21-26H,6-15,20H2,1-2H3. The Balaban J connectivity index is 1.19. The van der Waals surface area contributed by atoms with Crippen molar-refractivity contribution in [2.24, 2.45) is 17.8 Å². The molecule has 0 unspecified atom stereocenters. The summed E-state index contributed by atoms with van der Waals surface area (Å²) in [5.41, 5.74) is 3.86. The van der Waals surface area contributed by atoms with Crippen molar-refractivity contribution in [1.82, 2.24) is 9.97 Å². The van der Waals surface area contributed by atoms with Crippen LogP contribution in [0.15, 0.2) is 47.1 Å². The molecule has 0 saturated heterocycles. The number of carbonyl (C=O) groups excluding carboxylic acids is 2. The van der Waals surface area contributed by atoms with E-state index in [1.165, 1.54) is 7.11 Å². The molecular formula is C35H40N4O5. The van der Waals surface area contributed by atoms with Gasteiger partial charge in [-0.15, -0.1) is 0 Å². The number of nitrogens with zero attached hydrogens (tertiary/aromatic N) is 4. The van der Waals surface area contributed by atoms with Gasteiger partial charge in [0.05, 0.1) is 20.1 Å². The third-order valence-corrected chi connectivity index (χ3v) is 9.69. The first-order chi connectivity index (χ1) is 21.5. The minimum absolute atomic E-state index is 0.127. The van der Waals surface area contributed by atoms with Gasteiger partial charge in [-0.2, -0.15) is 5.26 Å². The molecule has 9 nitrogen and oxygen atoms in total. The molecule has 3 aromatic rings. The van der Waals surface area contributed by atoms with Crippen LogP contribution < -0.4 is 9.64 Å². The zero-order valence-electron chi connectivity index (χ0n) is 25.5. The lowest BCUT2D eigenvalue weighted by molar-refractivity contribution is -0.147. The van der Waals surface area contributed by atoms with Crippen LogP contribution in [0.1, 0.15) is 93.3 Å². The first-order valence-electron chi connectivity index (χ1n) is 15.9. The number of methoxy groups -OCH3 is 2. The van der Waals surface area contributed by atoms with E-state index in [1.54, 1.807) is 13.4 Å². The van der Waals surface area contributed by atoms with Gasteiger partial charge in [0, 0.05) is 41.2 Å². The molecule has 0 bridgehead atoms. The largest absolute Gasteiger partial charge is 0.494 e. The third kappa shape index (κ3) is 6.50. The highest BCUT2D eigenvalue weighted by Gasteiger charge is 2.35. The molecule has 1 aromatic carbocycles. The summed E-state index contributed by atoms with van der Waals surface area (Å²) in [7, 11) is 2.98. The van der Waals surface area contributed by atoms with E-state index < -0.39 is 0 Å². The fraction of sp³-hybridized carbons (Fsp3) is 0.514. The molecular weight excluding hydrogens is 556 g/mol. The molecule has 44 heavy (non-hydrogen) atoms. The van der Waals surface area contributed by atoms with Gasteiger partial charge < -0.3 is 18.8 Å². The van der Waals surface area contributed by atoms with E-state index in [9.17, 15) is 14.9 Å². The van der Waals surface area contributed by atoms with Crippen LogP contribution in [0.4, 0.5) is 5.69 Å². The average molecular weight is 597 g/mol. The molecule has 0 aliphatic heterocycles. The van der Waals surface area contributed by atoms with Crippen LogP contribution in [0, 0.1) is 29.1 Å². The van der Waals surface area contributed by atoms with Crippen molar-refractivity contribution in [3.63, 3.8) is 0 Å². The number of aromatic nitrogens is 2. The van der Waals surface area contributed by atoms with Gasteiger partial charge in [0.15, 0.2) is 17.3 Å². The van der Waals surface area contributed by atoms with Crippen molar-refractivity contribution in [2.45, 2.75) is 76.0 Å². The van der Waals surface area contributed by atoms with E-state index in [2.05, 4.69) is 17.1 Å². The lowest BCUT2D eigenvalue weighted by atomic mass is 9.79. The lowest BCUT2D eigenvalue weighted by Gasteiger charge is -2.36. The van der Waals surface area contributed by atoms with Crippen molar-refractivity contribution in [3.8, 4) is 23.1 Å². The SMILES string of the molecule is COC(=O)C1CCC(C(=O)N(CC2CCC(c3ccc(OC)c(C#N)n3)CC2)c2cccc(-c3coc(C4CC4)n3)c2)CC1.